The van der Waals surface area contributed by atoms with E-state index in [0.717, 1.165) is 12.4 Å². The molecule has 5 rings (SSSR count). The van der Waals surface area contributed by atoms with Crippen LogP contribution >= 0.6 is 0 Å². The Morgan fingerprint density at radius 1 is 1.03 bits per heavy atom. The predicted octanol–water partition coefficient (Wildman–Crippen LogP) is 2.68. The third kappa shape index (κ3) is 5.29. The molecule has 1 aromatic carbocycles. The molecule has 0 unspecified atom stereocenters. The molecule has 206 valence electrons. The molecule has 0 radical (unpaired) electrons. The summed E-state index contributed by atoms with van der Waals surface area (Å²) in [6.07, 6.45) is 3.43. The third-order valence-electron chi connectivity index (χ3n) is 6.53. The predicted molar refractivity (Wildman–Crippen MR) is 138 cm³/mol. The lowest BCUT2D eigenvalue weighted by Crippen LogP contribution is -2.50. The Kier molecular flexibility index (Phi) is 7.48. The molecule has 1 aliphatic rings. The molecular weight excluding hydrogens is 531 g/mol. The minimum absolute atomic E-state index is 0.102. The lowest BCUT2D eigenvalue weighted by atomic mass is 10.1. The summed E-state index contributed by atoms with van der Waals surface area (Å²) in [7, 11) is 0.686. The number of piperidine rings is 1. The fourth-order valence-electron chi connectivity index (χ4n) is 4.63. The van der Waals surface area contributed by atoms with Crippen molar-refractivity contribution in [3.05, 3.63) is 60.6 Å². The third-order valence-corrected chi connectivity index (χ3v) is 8.55. The van der Waals surface area contributed by atoms with Crippen LogP contribution in [0.5, 0.6) is 11.5 Å². The molecule has 0 saturated carbocycles. The van der Waals surface area contributed by atoms with E-state index in [1.54, 1.807) is 39.8 Å². The van der Waals surface area contributed by atoms with Gasteiger partial charge in [0.05, 0.1) is 44.2 Å². The maximum Gasteiger partial charge on any atom is 0.225 e. The van der Waals surface area contributed by atoms with Crippen LogP contribution in [0.25, 0.3) is 17.3 Å². The zero-order valence-corrected chi connectivity index (χ0v) is 22.3. The van der Waals surface area contributed by atoms with Gasteiger partial charge in [0.2, 0.25) is 11.8 Å². The molecule has 0 amide bonds. The molecule has 0 N–H and O–H groups in total. The van der Waals surface area contributed by atoms with Crippen molar-refractivity contribution in [2.75, 3.05) is 39.3 Å². The molecule has 1 fully saturated rings. The van der Waals surface area contributed by atoms with Gasteiger partial charge < -0.3 is 23.5 Å². The fourth-order valence-corrected chi connectivity index (χ4v) is 6.33. The second-order valence-corrected chi connectivity index (χ2v) is 11.2. The van der Waals surface area contributed by atoms with Gasteiger partial charge in [-0.15, -0.1) is 10.2 Å². The number of methoxy groups -OCH3 is 3. The van der Waals surface area contributed by atoms with Gasteiger partial charge in [0.15, 0.2) is 27.2 Å². The maximum atomic E-state index is 13.9. The smallest absolute Gasteiger partial charge is 0.225 e. The Morgan fingerprint density at radius 2 is 1.74 bits per heavy atom. The molecular formula is C25H27FN6O6S. The summed E-state index contributed by atoms with van der Waals surface area (Å²) in [6, 6.07) is 8.61. The van der Waals surface area contributed by atoms with Crippen molar-refractivity contribution in [3.8, 4) is 28.8 Å². The number of para-hydroxylation sites is 1. The number of nitrogens with zero attached hydrogens (tertiary/aromatic N) is 6. The molecule has 4 aromatic rings. The first kappa shape index (κ1) is 26.6. The molecule has 0 aliphatic carbocycles. The number of hydrogen-bond acceptors (Lipinski definition) is 11. The van der Waals surface area contributed by atoms with Gasteiger partial charge in [0, 0.05) is 20.2 Å². The Balaban J connectivity index is 1.54. The Morgan fingerprint density at radius 3 is 2.36 bits per heavy atom. The second kappa shape index (κ2) is 11.0. The zero-order chi connectivity index (χ0) is 27.6. The number of hydrogen-bond donors (Lipinski definition) is 0. The Labute approximate surface area is 224 Å². The van der Waals surface area contributed by atoms with E-state index in [9.17, 15) is 12.8 Å². The Bertz CT molecular complexity index is 1500. The van der Waals surface area contributed by atoms with Gasteiger partial charge in [-0.1, -0.05) is 6.07 Å². The van der Waals surface area contributed by atoms with Crippen LogP contribution in [0.2, 0.25) is 0 Å². The first-order valence-corrected chi connectivity index (χ1v) is 13.7. The van der Waals surface area contributed by atoms with Gasteiger partial charge >= 0.3 is 0 Å². The van der Waals surface area contributed by atoms with Gasteiger partial charge in [-0.2, -0.15) is 0 Å². The highest BCUT2D eigenvalue weighted by Gasteiger charge is 2.38. The Hall–Kier alpha value is -4.04. The van der Waals surface area contributed by atoms with Crippen LogP contribution in [0.15, 0.2) is 53.4 Å². The van der Waals surface area contributed by atoms with E-state index < -0.39 is 32.8 Å². The summed E-state index contributed by atoms with van der Waals surface area (Å²) < 4.78 is 65.0. The van der Waals surface area contributed by atoms with Crippen LogP contribution in [0.3, 0.4) is 0 Å². The minimum atomic E-state index is -3.84. The van der Waals surface area contributed by atoms with Gasteiger partial charge in [0.1, 0.15) is 22.9 Å². The first-order chi connectivity index (χ1) is 18.8. The standard InChI is InChI=1S/C25H27FN6O6S/c1-35-17-10-18(14-31(13-17)25-27-11-16(26)12-28-25)39(33,34)15-22-29-30-24(21-8-5-9-38-21)32(22)23-19(36-2)6-4-7-20(23)37-3/h4-9,11-12,17-18H,10,13-15H2,1-3H3/t17-,18+/m0/s1. The molecule has 1 aliphatic heterocycles. The van der Waals surface area contributed by atoms with Gasteiger partial charge in [-0.05, 0) is 30.7 Å². The SMILES string of the molecule is COc1cccc(OC)c1-n1c(CS(=O)(=O)[C@@H]2C[C@H](OC)CN(c3ncc(F)cn3)C2)nnc1-c1ccco1. The molecule has 1 saturated heterocycles. The normalized spacial score (nSPS) is 17.8. The van der Waals surface area contributed by atoms with Gasteiger partial charge in [-0.25, -0.2) is 22.8 Å². The summed E-state index contributed by atoms with van der Waals surface area (Å²) in [5, 5.41) is 7.68. The molecule has 4 heterocycles. The topological polar surface area (TPSA) is 135 Å². The molecule has 12 nitrogen and oxygen atoms in total. The quantitative estimate of drug-likeness (QED) is 0.300. The number of furan rings is 1. The number of sulfone groups is 1. The lowest BCUT2D eigenvalue weighted by molar-refractivity contribution is 0.0897. The van der Waals surface area contributed by atoms with E-state index in [2.05, 4.69) is 20.2 Å². The van der Waals surface area contributed by atoms with Crippen molar-refractivity contribution in [2.45, 2.75) is 23.5 Å². The summed E-state index contributed by atoms with van der Waals surface area (Å²) in [5.74, 6) is 0.870. The molecule has 14 heteroatoms. The highest BCUT2D eigenvalue weighted by molar-refractivity contribution is 7.91. The van der Waals surface area contributed by atoms with Crippen molar-refractivity contribution in [2.24, 2.45) is 0 Å². The number of halogens is 1. The first-order valence-electron chi connectivity index (χ1n) is 12.0. The highest BCUT2D eigenvalue weighted by Crippen LogP contribution is 2.37. The molecule has 3 aromatic heterocycles. The summed E-state index contributed by atoms with van der Waals surface area (Å²) in [4.78, 5) is 9.72. The van der Waals surface area contributed by atoms with Crippen LogP contribution < -0.4 is 14.4 Å². The minimum Gasteiger partial charge on any atom is -0.494 e. The monoisotopic (exact) mass is 558 g/mol. The van der Waals surface area contributed by atoms with Crippen LogP contribution in [-0.4, -0.2) is 78.9 Å². The fraction of sp³-hybridized carbons (Fsp3) is 0.360. The summed E-state index contributed by atoms with van der Waals surface area (Å²) >= 11 is 0. The number of anilines is 1. The van der Waals surface area contributed by atoms with Crippen molar-refractivity contribution < 1.29 is 31.4 Å². The van der Waals surface area contributed by atoms with E-state index in [-0.39, 0.29) is 30.6 Å². The van der Waals surface area contributed by atoms with E-state index in [0.29, 0.717) is 29.5 Å². The number of rotatable bonds is 9. The van der Waals surface area contributed by atoms with Crippen LogP contribution in [0, 0.1) is 5.82 Å². The van der Waals surface area contributed by atoms with E-state index in [1.807, 2.05) is 0 Å². The zero-order valence-electron chi connectivity index (χ0n) is 21.5. The van der Waals surface area contributed by atoms with Crippen molar-refractivity contribution in [1.82, 2.24) is 24.7 Å². The van der Waals surface area contributed by atoms with Gasteiger partial charge in [0.25, 0.3) is 0 Å². The van der Waals surface area contributed by atoms with E-state index >= 15 is 0 Å². The van der Waals surface area contributed by atoms with Crippen molar-refractivity contribution in [1.29, 1.82) is 0 Å². The van der Waals surface area contributed by atoms with E-state index in [1.165, 1.54) is 27.6 Å². The molecule has 2 atom stereocenters. The maximum absolute atomic E-state index is 13.9. The van der Waals surface area contributed by atoms with Crippen LogP contribution in [0.1, 0.15) is 12.2 Å². The van der Waals surface area contributed by atoms with Gasteiger partial charge in [-0.3, -0.25) is 4.57 Å². The second-order valence-electron chi connectivity index (χ2n) is 8.89. The highest BCUT2D eigenvalue weighted by atomic mass is 32.2. The number of benzene rings is 1. The van der Waals surface area contributed by atoms with Crippen molar-refractivity contribution in [3.63, 3.8) is 0 Å². The van der Waals surface area contributed by atoms with Crippen LogP contribution in [-0.2, 0) is 20.3 Å². The molecule has 0 spiro atoms. The van der Waals surface area contributed by atoms with Crippen LogP contribution in [0.4, 0.5) is 10.3 Å². The summed E-state index contributed by atoms with van der Waals surface area (Å²) in [5.41, 5.74) is 0.434. The lowest BCUT2D eigenvalue weighted by Gasteiger charge is -2.36. The number of aromatic nitrogens is 5. The largest absolute Gasteiger partial charge is 0.494 e. The van der Waals surface area contributed by atoms with Crippen molar-refractivity contribution >= 4 is 15.8 Å². The average molecular weight is 559 g/mol. The average Bonchev–Trinajstić information content (AvgIpc) is 3.62. The van der Waals surface area contributed by atoms with E-state index in [4.69, 9.17) is 18.6 Å². The summed E-state index contributed by atoms with van der Waals surface area (Å²) in [6.45, 7) is 0.469. The number of ether oxygens (including phenoxy) is 3. The molecule has 0 bridgehead atoms. The molecule has 39 heavy (non-hydrogen) atoms.